The predicted molar refractivity (Wildman–Crippen MR) is 96.3 cm³/mol. The Labute approximate surface area is 147 Å². The summed E-state index contributed by atoms with van der Waals surface area (Å²) in [6, 6.07) is 12.2. The highest BCUT2D eigenvalue weighted by molar-refractivity contribution is 6.22. The standard InChI is InChI=1S/C20H13NO5/c1-11-7-16(23)26-19-13(11)9-14(21-10-22)20-17(19)18(24)15(25-20)8-12-5-3-2-4-6-12/h2-10H,1H3,(H,21,22)/b15-8-. The molecule has 0 aliphatic carbocycles. The van der Waals surface area contributed by atoms with Gasteiger partial charge in [-0.3, -0.25) is 9.59 Å². The highest BCUT2D eigenvalue weighted by Gasteiger charge is 2.34. The van der Waals surface area contributed by atoms with Gasteiger partial charge in [-0.05, 0) is 30.2 Å². The number of carbonyl (C=O) groups excluding carboxylic acids is 2. The number of carbonyl (C=O) groups is 2. The molecule has 0 unspecified atom stereocenters. The molecule has 3 aromatic rings. The fourth-order valence-corrected chi connectivity index (χ4v) is 2.99. The summed E-state index contributed by atoms with van der Waals surface area (Å²) < 4.78 is 11.0. The molecule has 0 atom stereocenters. The molecular weight excluding hydrogens is 334 g/mol. The van der Waals surface area contributed by atoms with Gasteiger partial charge in [0.15, 0.2) is 17.1 Å². The zero-order chi connectivity index (χ0) is 18.3. The van der Waals surface area contributed by atoms with E-state index in [1.54, 1.807) is 19.1 Å². The third-order valence-corrected chi connectivity index (χ3v) is 4.17. The van der Waals surface area contributed by atoms with Crippen molar-refractivity contribution in [1.82, 2.24) is 0 Å². The fraction of sp³-hybridized carbons (Fsp3) is 0.0500. The Bertz CT molecular complexity index is 1140. The van der Waals surface area contributed by atoms with E-state index in [-0.39, 0.29) is 22.7 Å². The molecule has 6 nitrogen and oxygen atoms in total. The Balaban J connectivity index is 1.98. The van der Waals surface area contributed by atoms with E-state index in [2.05, 4.69) is 5.32 Å². The van der Waals surface area contributed by atoms with Crippen LogP contribution in [-0.2, 0) is 4.79 Å². The first-order chi connectivity index (χ1) is 12.6. The number of hydrogen-bond acceptors (Lipinski definition) is 5. The van der Waals surface area contributed by atoms with Gasteiger partial charge in [0.2, 0.25) is 12.2 Å². The normalized spacial score (nSPS) is 14.3. The number of anilines is 1. The maximum absolute atomic E-state index is 12.9. The Morgan fingerprint density at radius 3 is 2.58 bits per heavy atom. The van der Waals surface area contributed by atoms with Gasteiger partial charge in [0.25, 0.3) is 0 Å². The Kier molecular flexibility index (Phi) is 3.65. The lowest BCUT2D eigenvalue weighted by atomic mass is 10.0. The van der Waals surface area contributed by atoms with Gasteiger partial charge < -0.3 is 14.5 Å². The van der Waals surface area contributed by atoms with Gasteiger partial charge in [0, 0.05) is 11.5 Å². The van der Waals surface area contributed by atoms with E-state index in [9.17, 15) is 14.4 Å². The van der Waals surface area contributed by atoms with E-state index >= 15 is 0 Å². The van der Waals surface area contributed by atoms with Gasteiger partial charge >= 0.3 is 5.63 Å². The lowest BCUT2D eigenvalue weighted by molar-refractivity contribution is -0.105. The number of amides is 1. The first kappa shape index (κ1) is 15.8. The molecule has 26 heavy (non-hydrogen) atoms. The molecule has 1 aliphatic rings. The zero-order valence-electron chi connectivity index (χ0n) is 13.7. The molecule has 128 valence electrons. The summed E-state index contributed by atoms with van der Waals surface area (Å²) in [4.78, 5) is 35.7. The summed E-state index contributed by atoms with van der Waals surface area (Å²) in [5.74, 6) is -0.139. The summed E-state index contributed by atoms with van der Waals surface area (Å²) in [7, 11) is 0. The van der Waals surface area contributed by atoms with Crippen molar-refractivity contribution < 1.29 is 18.7 Å². The highest BCUT2D eigenvalue weighted by Crippen LogP contribution is 2.43. The highest BCUT2D eigenvalue weighted by atomic mass is 16.5. The lowest BCUT2D eigenvalue weighted by Gasteiger charge is -2.09. The van der Waals surface area contributed by atoms with Crippen molar-refractivity contribution in [3.05, 3.63) is 75.3 Å². The molecule has 0 fully saturated rings. The lowest BCUT2D eigenvalue weighted by Crippen LogP contribution is -2.03. The van der Waals surface area contributed by atoms with Crippen molar-refractivity contribution in [3.63, 3.8) is 0 Å². The molecule has 0 radical (unpaired) electrons. The van der Waals surface area contributed by atoms with E-state index in [4.69, 9.17) is 9.15 Å². The quantitative estimate of drug-likeness (QED) is 0.446. The monoisotopic (exact) mass is 347 g/mol. The maximum atomic E-state index is 12.9. The minimum atomic E-state index is -0.554. The first-order valence-corrected chi connectivity index (χ1v) is 7.89. The number of ketones is 1. The second-order valence-corrected chi connectivity index (χ2v) is 5.87. The third-order valence-electron chi connectivity index (χ3n) is 4.17. The molecule has 0 saturated heterocycles. The molecule has 0 spiro atoms. The van der Waals surface area contributed by atoms with Crippen LogP contribution < -0.4 is 15.7 Å². The van der Waals surface area contributed by atoms with Crippen LogP contribution in [-0.4, -0.2) is 12.2 Å². The fourth-order valence-electron chi connectivity index (χ4n) is 2.99. The maximum Gasteiger partial charge on any atom is 0.336 e. The van der Waals surface area contributed by atoms with Gasteiger partial charge in [-0.25, -0.2) is 4.79 Å². The van der Waals surface area contributed by atoms with Crippen molar-refractivity contribution >= 4 is 34.9 Å². The number of fused-ring (bicyclic) bond motifs is 3. The minimum absolute atomic E-state index is 0.0943. The molecule has 2 heterocycles. The van der Waals surface area contributed by atoms with Crippen LogP contribution in [0.4, 0.5) is 5.69 Å². The molecule has 0 saturated carbocycles. The summed E-state index contributed by atoms with van der Waals surface area (Å²) in [5.41, 5.74) is 1.50. The van der Waals surface area contributed by atoms with Crippen LogP contribution in [0.5, 0.6) is 5.75 Å². The molecule has 1 amide bonds. The Morgan fingerprint density at radius 2 is 1.85 bits per heavy atom. The minimum Gasteiger partial charge on any atom is -0.450 e. The van der Waals surface area contributed by atoms with E-state index in [0.717, 1.165) is 5.56 Å². The van der Waals surface area contributed by atoms with E-state index in [1.807, 2.05) is 30.3 Å². The zero-order valence-corrected chi connectivity index (χ0v) is 13.7. The van der Waals surface area contributed by atoms with Crippen LogP contribution in [0.15, 0.2) is 57.4 Å². The molecule has 1 aliphatic heterocycles. The summed E-state index contributed by atoms with van der Waals surface area (Å²) >= 11 is 0. The van der Waals surface area contributed by atoms with Crippen LogP contribution in [0, 0.1) is 6.92 Å². The van der Waals surface area contributed by atoms with E-state index in [1.165, 1.54) is 6.07 Å². The van der Waals surface area contributed by atoms with Crippen LogP contribution >= 0.6 is 0 Å². The Hall–Kier alpha value is -3.67. The topological polar surface area (TPSA) is 85.6 Å². The van der Waals surface area contributed by atoms with Crippen LogP contribution in [0.3, 0.4) is 0 Å². The van der Waals surface area contributed by atoms with Crippen molar-refractivity contribution in [1.29, 1.82) is 0 Å². The number of hydrogen-bond donors (Lipinski definition) is 1. The number of rotatable bonds is 3. The summed E-state index contributed by atoms with van der Waals surface area (Å²) in [6.07, 6.45) is 2.11. The SMILES string of the molecule is Cc1cc(=O)oc2c3c(c(NC=O)cc12)O/C(=C\c1ccccc1)C3=O. The van der Waals surface area contributed by atoms with Gasteiger partial charge in [0.1, 0.15) is 5.56 Å². The van der Waals surface area contributed by atoms with Crippen molar-refractivity contribution in [2.24, 2.45) is 0 Å². The van der Waals surface area contributed by atoms with Crippen LogP contribution in [0.25, 0.3) is 17.0 Å². The number of aryl methyl sites for hydroxylation is 1. The van der Waals surface area contributed by atoms with Crippen molar-refractivity contribution in [3.8, 4) is 5.75 Å². The van der Waals surface area contributed by atoms with Gasteiger partial charge in [-0.15, -0.1) is 0 Å². The third kappa shape index (κ3) is 2.48. The van der Waals surface area contributed by atoms with Crippen molar-refractivity contribution in [2.45, 2.75) is 6.92 Å². The number of allylic oxidation sites excluding steroid dienone is 1. The number of benzene rings is 2. The molecular formula is C20H13NO5. The van der Waals surface area contributed by atoms with Crippen molar-refractivity contribution in [2.75, 3.05) is 5.32 Å². The van der Waals surface area contributed by atoms with Crippen LogP contribution in [0.1, 0.15) is 21.5 Å². The van der Waals surface area contributed by atoms with E-state index in [0.29, 0.717) is 23.0 Å². The van der Waals surface area contributed by atoms with Crippen LogP contribution in [0.2, 0.25) is 0 Å². The molecule has 6 heteroatoms. The largest absolute Gasteiger partial charge is 0.450 e. The summed E-state index contributed by atoms with van der Waals surface area (Å²) in [6.45, 7) is 1.73. The second-order valence-electron chi connectivity index (χ2n) is 5.87. The molecule has 0 bridgehead atoms. The first-order valence-electron chi connectivity index (χ1n) is 7.89. The predicted octanol–water partition coefficient (Wildman–Crippen LogP) is 3.29. The molecule has 1 N–H and O–H groups in total. The average molecular weight is 347 g/mol. The summed E-state index contributed by atoms with van der Waals surface area (Å²) in [5, 5.41) is 3.10. The molecule has 4 rings (SSSR count). The molecule has 1 aromatic heterocycles. The van der Waals surface area contributed by atoms with Gasteiger partial charge in [-0.2, -0.15) is 0 Å². The number of Topliss-reactive ketones (excluding diaryl/α,β-unsaturated/α-hetero) is 1. The number of nitrogens with one attached hydrogen (secondary N) is 1. The molecule has 2 aromatic carbocycles. The second kappa shape index (κ2) is 6.00. The van der Waals surface area contributed by atoms with E-state index < -0.39 is 11.4 Å². The van der Waals surface area contributed by atoms with Gasteiger partial charge in [0.05, 0.1) is 5.69 Å². The number of ether oxygens (including phenoxy) is 1. The smallest absolute Gasteiger partial charge is 0.336 e. The Morgan fingerprint density at radius 1 is 1.08 bits per heavy atom. The average Bonchev–Trinajstić information content (AvgIpc) is 2.94. The van der Waals surface area contributed by atoms with Gasteiger partial charge in [-0.1, -0.05) is 30.3 Å².